The number of hydrogen-bond acceptors (Lipinski definition) is 5. The molecular weight excluding hydrogens is 300 g/mol. The Hall–Kier alpha value is -3.22. The maximum atomic E-state index is 12.1. The molecule has 0 fully saturated rings. The summed E-state index contributed by atoms with van der Waals surface area (Å²) < 4.78 is 15.4. The minimum absolute atomic E-state index is 0.172. The van der Waals surface area contributed by atoms with Gasteiger partial charge in [0, 0.05) is 5.69 Å². The SMILES string of the molecule is O=C(Cc1ccc2c(c1)OCO2)Nc1ccc2oc(=O)[nH]c2c1. The van der Waals surface area contributed by atoms with Crippen LogP contribution in [0.4, 0.5) is 5.69 Å². The van der Waals surface area contributed by atoms with Crippen LogP contribution in [0.25, 0.3) is 11.1 Å². The molecule has 2 N–H and O–H groups in total. The van der Waals surface area contributed by atoms with Gasteiger partial charge in [-0.25, -0.2) is 4.79 Å². The fraction of sp³-hybridized carbons (Fsp3) is 0.125. The third-order valence-corrected chi connectivity index (χ3v) is 3.50. The van der Waals surface area contributed by atoms with Gasteiger partial charge in [0.25, 0.3) is 0 Å². The topological polar surface area (TPSA) is 93.6 Å². The fourth-order valence-corrected chi connectivity index (χ4v) is 2.47. The van der Waals surface area contributed by atoms with E-state index in [0.29, 0.717) is 28.3 Å². The maximum absolute atomic E-state index is 12.1. The van der Waals surface area contributed by atoms with Crippen molar-refractivity contribution in [3.8, 4) is 11.5 Å². The molecule has 4 rings (SSSR count). The number of carbonyl (C=O) groups excluding carboxylic acids is 1. The van der Waals surface area contributed by atoms with Crippen LogP contribution < -0.4 is 20.5 Å². The molecule has 2 heterocycles. The predicted octanol–water partition coefficient (Wildman–Crippen LogP) is 2.03. The average Bonchev–Trinajstić information content (AvgIpc) is 3.11. The number of fused-ring (bicyclic) bond motifs is 2. The summed E-state index contributed by atoms with van der Waals surface area (Å²) in [5.41, 5.74) is 2.39. The van der Waals surface area contributed by atoms with Gasteiger partial charge in [-0.2, -0.15) is 0 Å². The molecule has 1 aliphatic rings. The molecule has 0 bridgehead atoms. The standard InChI is InChI=1S/C16H12N2O5/c19-15(6-9-1-3-13-14(5-9)22-8-21-13)17-10-2-4-12-11(7-10)18-16(20)23-12/h1-5,7H,6,8H2,(H,17,19)(H,18,20). The molecule has 0 saturated heterocycles. The van der Waals surface area contributed by atoms with Crippen molar-refractivity contribution in [1.29, 1.82) is 0 Å². The first-order valence-corrected chi connectivity index (χ1v) is 6.99. The molecule has 0 unspecified atom stereocenters. The van der Waals surface area contributed by atoms with Crippen molar-refractivity contribution in [1.82, 2.24) is 4.98 Å². The lowest BCUT2D eigenvalue weighted by Crippen LogP contribution is -2.14. The first-order chi connectivity index (χ1) is 11.2. The van der Waals surface area contributed by atoms with Crippen LogP contribution in [0, 0.1) is 0 Å². The Morgan fingerprint density at radius 3 is 2.91 bits per heavy atom. The van der Waals surface area contributed by atoms with Crippen molar-refractivity contribution in [2.75, 3.05) is 12.1 Å². The summed E-state index contributed by atoms with van der Waals surface area (Å²) >= 11 is 0. The van der Waals surface area contributed by atoms with E-state index in [1.807, 2.05) is 6.07 Å². The molecule has 1 aliphatic heterocycles. The molecule has 0 aliphatic carbocycles. The Morgan fingerprint density at radius 1 is 1.13 bits per heavy atom. The Bertz CT molecular complexity index is 957. The quantitative estimate of drug-likeness (QED) is 0.772. The highest BCUT2D eigenvalue weighted by atomic mass is 16.7. The van der Waals surface area contributed by atoms with Gasteiger partial charge in [-0.1, -0.05) is 6.07 Å². The monoisotopic (exact) mass is 312 g/mol. The number of nitrogens with one attached hydrogen (secondary N) is 2. The summed E-state index contributed by atoms with van der Waals surface area (Å²) in [6.45, 7) is 0.202. The van der Waals surface area contributed by atoms with Gasteiger partial charge in [-0.15, -0.1) is 0 Å². The molecule has 3 aromatic rings. The van der Waals surface area contributed by atoms with Crippen molar-refractivity contribution in [2.45, 2.75) is 6.42 Å². The lowest BCUT2D eigenvalue weighted by molar-refractivity contribution is -0.115. The van der Waals surface area contributed by atoms with E-state index >= 15 is 0 Å². The minimum atomic E-state index is -0.524. The zero-order chi connectivity index (χ0) is 15.8. The molecule has 0 radical (unpaired) electrons. The van der Waals surface area contributed by atoms with Crippen molar-refractivity contribution in [2.24, 2.45) is 0 Å². The number of ether oxygens (including phenoxy) is 2. The number of carbonyl (C=O) groups is 1. The number of benzene rings is 2. The molecule has 23 heavy (non-hydrogen) atoms. The Morgan fingerprint density at radius 2 is 2.00 bits per heavy atom. The third kappa shape index (κ3) is 2.64. The van der Waals surface area contributed by atoms with Crippen LogP contribution in [0.3, 0.4) is 0 Å². The Kier molecular flexibility index (Phi) is 3.04. The normalized spacial score (nSPS) is 12.5. The number of rotatable bonds is 3. The summed E-state index contributed by atoms with van der Waals surface area (Å²) in [6, 6.07) is 10.4. The molecule has 0 saturated carbocycles. The first-order valence-electron chi connectivity index (χ1n) is 6.99. The molecule has 0 atom stereocenters. The van der Waals surface area contributed by atoms with Crippen molar-refractivity contribution in [3.63, 3.8) is 0 Å². The van der Waals surface area contributed by atoms with Crippen LogP contribution in [0.5, 0.6) is 11.5 Å². The number of hydrogen-bond donors (Lipinski definition) is 2. The second-order valence-corrected chi connectivity index (χ2v) is 5.14. The van der Waals surface area contributed by atoms with Crippen LogP contribution in [0.2, 0.25) is 0 Å². The van der Waals surface area contributed by atoms with E-state index < -0.39 is 5.76 Å². The molecule has 1 aromatic heterocycles. The van der Waals surface area contributed by atoms with E-state index in [0.717, 1.165) is 5.56 Å². The fourth-order valence-electron chi connectivity index (χ4n) is 2.47. The zero-order valence-corrected chi connectivity index (χ0v) is 11.9. The number of anilines is 1. The average molecular weight is 312 g/mol. The minimum Gasteiger partial charge on any atom is -0.454 e. The van der Waals surface area contributed by atoms with E-state index in [4.69, 9.17) is 13.9 Å². The summed E-state index contributed by atoms with van der Waals surface area (Å²) in [7, 11) is 0. The highest BCUT2D eigenvalue weighted by Crippen LogP contribution is 2.32. The van der Waals surface area contributed by atoms with Crippen LogP contribution >= 0.6 is 0 Å². The van der Waals surface area contributed by atoms with E-state index in [2.05, 4.69) is 10.3 Å². The van der Waals surface area contributed by atoms with Gasteiger partial charge in [0.1, 0.15) is 0 Å². The van der Waals surface area contributed by atoms with E-state index in [-0.39, 0.29) is 19.1 Å². The summed E-state index contributed by atoms with van der Waals surface area (Å²) in [5.74, 6) is 0.633. The van der Waals surface area contributed by atoms with Gasteiger partial charge in [-0.05, 0) is 35.9 Å². The third-order valence-electron chi connectivity index (χ3n) is 3.50. The number of H-pyrrole nitrogens is 1. The largest absolute Gasteiger partial charge is 0.454 e. The van der Waals surface area contributed by atoms with Crippen LogP contribution in [0.15, 0.2) is 45.6 Å². The van der Waals surface area contributed by atoms with E-state index in [9.17, 15) is 9.59 Å². The van der Waals surface area contributed by atoms with Crippen molar-refractivity contribution < 1.29 is 18.7 Å². The molecular formula is C16H12N2O5. The smallest absolute Gasteiger partial charge is 0.417 e. The van der Waals surface area contributed by atoms with E-state index in [1.165, 1.54) is 0 Å². The number of aromatic amines is 1. The maximum Gasteiger partial charge on any atom is 0.417 e. The molecule has 2 aromatic carbocycles. The molecule has 0 spiro atoms. The van der Waals surface area contributed by atoms with Crippen LogP contribution in [-0.2, 0) is 11.2 Å². The van der Waals surface area contributed by atoms with Gasteiger partial charge in [0.05, 0.1) is 11.9 Å². The van der Waals surface area contributed by atoms with Crippen molar-refractivity contribution >= 4 is 22.7 Å². The second kappa shape index (κ2) is 5.20. The number of amides is 1. The first kappa shape index (κ1) is 13.4. The molecule has 7 heteroatoms. The van der Waals surface area contributed by atoms with Crippen LogP contribution in [-0.4, -0.2) is 17.7 Å². The van der Waals surface area contributed by atoms with Gasteiger partial charge < -0.3 is 19.2 Å². The van der Waals surface area contributed by atoms with Crippen molar-refractivity contribution in [3.05, 3.63) is 52.5 Å². The highest BCUT2D eigenvalue weighted by Gasteiger charge is 2.14. The summed E-state index contributed by atoms with van der Waals surface area (Å²) in [6.07, 6.45) is 0.205. The van der Waals surface area contributed by atoms with Gasteiger partial charge in [0.2, 0.25) is 12.7 Å². The Labute approximate surface area is 129 Å². The summed E-state index contributed by atoms with van der Waals surface area (Å²) in [5, 5.41) is 2.78. The van der Waals surface area contributed by atoms with Crippen LogP contribution in [0.1, 0.15) is 5.56 Å². The second-order valence-electron chi connectivity index (χ2n) is 5.14. The summed E-state index contributed by atoms with van der Waals surface area (Å²) in [4.78, 5) is 25.8. The lowest BCUT2D eigenvalue weighted by atomic mass is 10.1. The van der Waals surface area contributed by atoms with Gasteiger partial charge >= 0.3 is 5.76 Å². The molecule has 1 amide bonds. The Balaban J connectivity index is 1.49. The van der Waals surface area contributed by atoms with Gasteiger partial charge in [0.15, 0.2) is 17.1 Å². The highest BCUT2D eigenvalue weighted by molar-refractivity contribution is 5.94. The number of aromatic nitrogens is 1. The number of oxazole rings is 1. The van der Waals surface area contributed by atoms with Gasteiger partial charge in [-0.3, -0.25) is 9.78 Å². The lowest BCUT2D eigenvalue weighted by Gasteiger charge is -2.06. The molecule has 116 valence electrons. The zero-order valence-electron chi connectivity index (χ0n) is 11.9. The molecule has 7 nitrogen and oxygen atoms in total. The predicted molar refractivity (Wildman–Crippen MR) is 81.7 cm³/mol. The van der Waals surface area contributed by atoms with E-state index in [1.54, 1.807) is 30.3 Å².